The zero-order valence-corrected chi connectivity index (χ0v) is 14.2. The van der Waals surface area contributed by atoms with Crippen LogP contribution >= 0.6 is 0 Å². The molecule has 1 aliphatic heterocycles. The number of hydrogen-bond acceptors (Lipinski definition) is 5. The lowest BCUT2D eigenvalue weighted by molar-refractivity contribution is -0.0327. The van der Waals surface area contributed by atoms with Gasteiger partial charge in [0.05, 0.1) is 12.7 Å². The van der Waals surface area contributed by atoms with Gasteiger partial charge >= 0.3 is 8.80 Å². The first-order valence-corrected chi connectivity index (χ1v) is 9.63. The molecule has 0 saturated carbocycles. The molecule has 0 aromatic rings. The second-order valence-corrected chi connectivity index (χ2v) is 8.14. The monoisotopic (exact) mass is 306 g/mol. The molecule has 1 heterocycles. The molecule has 0 radical (unpaired) electrons. The molecule has 0 amide bonds. The maximum Gasteiger partial charge on any atom is 0.502 e. The molecule has 0 spiro atoms. The molecule has 1 fully saturated rings. The Bertz CT molecular complexity index is 232. The molecule has 0 aliphatic carbocycles. The van der Waals surface area contributed by atoms with Crippen molar-refractivity contribution in [1.82, 2.24) is 0 Å². The van der Waals surface area contributed by atoms with Gasteiger partial charge in [-0.05, 0) is 19.3 Å². The van der Waals surface area contributed by atoms with E-state index in [-0.39, 0.29) is 6.79 Å². The van der Waals surface area contributed by atoms with Crippen LogP contribution in [0.15, 0.2) is 0 Å². The van der Waals surface area contributed by atoms with E-state index in [1.165, 1.54) is 25.7 Å². The van der Waals surface area contributed by atoms with E-state index < -0.39 is 8.80 Å². The Balaban J connectivity index is 2.08. The smallest absolute Gasteiger partial charge is 0.377 e. The molecule has 1 aliphatic rings. The van der Waals surface area contributed by atoms with Crippen LogP contribution < -0.4 is 0 Å². The summed E-state index contributed by atoms with van der Waals surface area (Å²) in [5, 5.41) is 0. The Kier molecular flexibility index (Phi) is 9.67. The molecule has 0 aromatic heterocycles. The summed E-state index contributed by atoms with van der Waals surface area (Å²) in [5.74, 6) is 0. The van der Waals surface area contributed by atoms with E-state index >= 15 is 0 Å². The predicted molar refractivity (Wildman–Crippen MR) is 79.6 cm³/mol. The predicted octanol–water partition coefficient (Wildman–Crippen LogP) is 2.97. The minimum atomic E-state index is -2.51. The lowest BCUT2D eigenvalue weighted by atomic mass is 10.1. The van der Waals surface area contributed by atoms with E-state index in [1.54, 1.807) is 14.2 Å². The van der Waals surface area contributed by atoms with Crippen molar-refractivity contribution in [2.75, 3.05) is 34.2 Å². The number of epoxide rings is 1. The summed E-state index contributed by atoms with van der Waals surface area (Å²) < 4.78 is 27.3. The van der Waals surface area contributed by atoms with Crippen molar-refractivity contribution in [3.63, 3.8) is 0 Å². The van der Waals surface area contributed by atoms with Gasteiger partial charge in [-0.3, -0.25) is 0 Å². The van der Waals surface area contributed by atoms with Crippen LogP contribution in [0.25, 0.3) is 0 Å². The summed E-state index contributed by atoms with van der Waals surface area (Å²) in [6, 6.07) is 0.857. The van der Waals surface area contributed by atoms with Gasteiger partial charge in [-0.25, -0.2) is 0 Å². The Morgan fingerprint density at radius 1 is 1.10 bits per heavy atom. The number of hydrogen-bond donors (Lipinski definition) is 0. The molecule has 0 bridgehead atoms. The SMILES string of the molecule is CCCOCO[Si](CCCCCCC1CO1)(OC)OC. The van der Waals surface area contributed by atoms with Crippen LogP contribution in [-0.2, 0) is 22.8 Å². The van der Waals surface area contributed by atoms with E-state index in [9.17, 15) is 0 Å². The van der Waals surface area contributed by atoms with Crippen LogP contribution in [0.1, 0.15) is 45.4 Å². The largest absolute Gasteiger partial charge is 0.502 e. The molecule has 120 valence electrons. The minimum absolute atomic E-state index is 0.265. The lowest BCUT2D eigenvalue weighted by Crippen LogP contribution is -2.44. The van der Waals surface area contributed by atoms with Crippen LogP contribution in [0.4, 0.5) is 0 Å². The standard InChI is InChI=1S/C14H30O5Si/c1-4-10-17-13-19-20(15-2,16-3)11-8-6-5-7-9-14-12-18-14/h14H,4-13H2,1-3H3. The van der Waals surface area contributed by atoms with E-state index in [2.05, 4.69) is 6.92 Å². The van der Waals surface area contributed by atoms with Crippen molar-refractivity contribution >= 4 is 8.80 Å². The van der Waals surface area contributed by atoms with E-state index in [0.29, 0.717) is 12.7 Å². The molecule has 6 heteroatoms. The highest BCUT2D eigenvalue weighted by Crippen LogP contribution is 2.21. The van der Waals surface area contributed by atoms with Crippen LogP contribution in [0, 0.1) is 0 Å². The highest BCUT2D eigenvalue weighted by atomic mass is 28.4. The first-order valence-electron chi connectivity index (χ1n) is 7.70. The maximum atomic E-state index is 5.74. The minimum Gasteiger partial charge on any atom is -0.377 e. The van der Waals surface area contributed by atoms with Crippen molar-refractivity contribution in [3.05, 3.63) is 0 Å². The number of ether oxygens (including phenoxy) is 2. The Labute approximate surface area is 124 Å². The van der Waals surface area contributed by atoms with Gasteiger partial charge in [-0.2, -0.15) is 0 Å². The molecule has 20 heavy (non-hydrogen) atoms. The van der Waals surface area contributed by atoms with Crippen molar-refractivity contribution < 1.29 is 22.8 Å². The average molecular weight is 306 g/mol. The van der Waals surface area contributed by atoms with Crippen LogP contribution in [-0.4, -0.2) is 49.1 Å². The third-order valence-corrected chi connectivity index (χ3v) is 6.26. The van der Waals surface area contributed by atoms with Gasteiger partial charge < -0.3 is 22.8 Å². The summed E-state index contributed by atoms with van der Waals surface area (Å²) in [6.45, 7) is 4.01. The topological polar surface area (TPSA) is 49.5 Å². The molecule has 0 N–H and O–H groups in total. The summed E-state index contributed by atoms with van der Waals surface area (Å²) in [7, 11) is 0.820. The normalized spacial score (nSPS) is 18.4. The average Bonchev–Trinajstić information content (AvgIpc) is 3.29. The fraction of sp³-hybridized carbons (Fsp3) is 1.00. The van der Waals surface area contributed by atoms with Crippen LogP contribution in [0.3, 0.4) is 0 Å². The molecular formula is C14H30O5Si. The summed E-state index contributed by atoms with van der Waals surface area (Å²) in [5.41, 5.74) is 0. The van der Waals surface area contributed by atoms with Gasteiger partial charge in [-0.15, -0.1) is 0 Å². The molecule has 0 aromatic carbocycles. The van der Waals surface area contributed by atoms with Gasteiger partial charge in [0.15, 0.2) is 0 Å². The van der Waals surface area contributed by atoms with E-state index in [1.807, 2.05) is 0 Å². The van der Waals surface area contributed by atoms with Gasteiger partial charge in [-0.1, -0.05) is 26.2 Å². The van der Waals surface area contributed by atoms with Gasteiger partial charge in [0.1, 0.15) is 6.79 Å². The first-order chi connectivity index (χ1) is 9.76. The summed E-state index contributed by atoms with van der Waals surface area (Å²) in [4.78, 5) is 0. The molecular weight excluding hydrogens is 276 g/mol. The Morgan fingerprint density at radius 2 is 1.80 bits per heavy atom. The van der Waals surface area contributed by atoms with Gasteiger partial charge in [0, 0.05) is 26.9 Å². The Hall–Kier alpha value is 0.0169. The summed E-state index contributed by atoms with van der Waals surface area (Å²) in [6.07, 6.45) is 7.51. The van der Waals surface area contributed by atoms with Crippen molar-refractivity contribution in [3.8, 4) is 0 Å². The third kappa shape index (κ3) is 7.71. The van der Waals surface area contributed by atoms with Crippen LogP contribution in [0.5, 0.6) is 0 Å². The number of unbranched alkanes of at least 4 members (excludes halogenated alkanes) is 3. The second kappa shape index (κ2) is 10.7. The quantitative estimate of drug-likeness (QED) is 0.214. The number of rotatable bonds is 14. The van der Waals surface area contributed by atoms with E-state index in [0.717, 1.165) is 25.5 Å². The third-order valence-electron chi connectivity index (χ3n) is 3.49. The zero-order valence-electron chi connectivity index (χ0n) is 13.2. The first kappa shape index (κ1) is 18.1. The fourth-order valence-electron chi connectivity index (χ4n) is 2.11. The maximum absolute atomic E-state index is 5.74. The highest BCUT2D eigenvalue weighted by molar-refractivity contribution is 6.60. The zero-order chi connectivity index (χ0) is 14.7. The van der Waals surface area contributed by atoms with Crippen molar-refractivity contribution in [2.45, 2.75) is 57.6 Å². The molecule has 1 unspecified atom stereocenters. The highest BCUT2D eigenvalue weighted by Gasteiger charge is 2.38. The van der Waals surface area contributed by atoms with Crippen molar-refractivity contribution in [2.24, 2.45) is 0 Å². The molecule has 1 saturated heterocycles. The summed E-state index contributed by atoms with van der Waals surface area (Å²) >= 11 is 0. The van der Waals surface area contributed by atoms with E-state index in [4.69, 9.17) is 22.8 Å². The van der Waals surface area contributed by atoms with Gasteiger partial charge in [0.25, 0.3) is 0 Å². The molecule has 1 rings (SSSR count). The second-order valence-electron chi connectivity index (χ2n) is 5.17. The molecule has 1 atom stereocenters. The van der Waals surface area contributed by atoms with Gasteiger partial charge in [0.2, 0.25) is 0 Å². The molecule has 5 nitrogen and oxygen atoms in total. The van der Waals surface area contributed by atoms with Crippen LogP contribution in [0.2, 0.25) is 6.04 Å². The van der Waals surface area contributed by atoms with Crippen molar-refractivity contribution in [1.29, 1.82) is 0 Å². The lowest BCUT2D eigenvalue weighted by Gasteiger charge is -2.26. The Morgan fingerprint density at radius 3 is 2.40 bits per heavy atom. The fourth-order valence-corrected chi connectivity index (χ4v) is 4.01.